The lowest BCUT2D eigenvalue weighted by Crippen LogP contribution is -2.19. The van der Waals surface area contributed by atoms with Gasteiger partial charge >= 0.3 is 0 Å². The summed E-state index contributed by atoms with van der Waals surface area (Å²) in [5.41, 5.74) is 0. The van der Waals surface area contributed by atoms with Gasteiger partial charge in [-0.15, -0.1) is 0 Å². The molecule has 1 aromatic rings. The first-order valence-electron chi connectivity index (χ1n) is 6.54. The maximum atomic E-state index is 5.81. The Morgan fingerprint density at radius 2 is 2.39 bits per heavy atom. The van der Waals surface area contributed by atoms with Gasteiger partial charge < -0.3 is 19.3 Å². The van der Waals surface area contributed by atoms with E-state index in [0.29, 0.717) is 37.2 Å². The first-order chi connectivity index (χ1) is 8.86. The number of hydrogen-bond acceptors (Lipinski definition) is 6. The van der Waals surface area contributed by atoms with E-state index in [2.05, 4.69) is 15.5 Å². The Bertz CT molecular complexity index is 396. The molecule has 2 aliphatic heterocycles. The number of ether oxygens (including phenoxy) is 2. The molecule has 0 aliphatic carbocycles. The maximum absolute atomic E-state index is 5.81. The molecule has 0 radical (unpaired) electrons. The first kappa shape index (κ1) is 12.1. The summed E-state index contributed by atoms with van der Waals surface area (Å²) in [7, 11) is 1.68. The Balaban J connectivity index is 1.53. The smallest absolute Gasteiger partial charge is 0.240 e. The second-order valence-electron chi connectivity index (χ2n) is 4.93. The molecule has 2 aliphatic rings. The largest absolute Gasteiger partial charge is 0.383 e. The summed E-state index contributed by atoms with van der Waals surface area (Å²) in [6.45, 7) is 2.06. The number of methoxy groups -OCH3 is 1. The van der Waals surface area contributed by atoms with E-state index in [1.54, 1.807) is 7.11 Å². The van der Waals surface area contributed by atoms with Crippen LogP contribution in [0.15, 0.2) is 4.52 Å². The van der Waals surface area contributed by atoms with Crippen molar-refractivity contribution in [3.63, 3.8) is 0 Å². The molecule has 6 heteroatoms. The van der Waals surface area contributed by atoms with Crippen LogP contribution in [0.3, 0.4) is 0 Å². The van der Waals surface area contributed by atoms with Gasteiger partial charge in [-0.05, 0) is 19.3 Å². The van der Waals surface area contributed by atoms with Crippen LogP contribution < -0.4 is 5.32 Å². The number of fused-ring (bicyclic) bond motifs is 2. The van der Waals surface area contributed by atoms with Crippen molar-refractivity contribution in [1.29, 1.82) is 0 Å². The molecule has 2 saturated heterocycles. The van der Waals surface area contributed by atoms with Gasteiger partial charge in [0.1, 0.15) is 0 Å². The van der Waals surface area contributed by atoms with Crippen molar-refractivity contribution in [2.24, 2.45) is 0 Å². The molecule has 100 valence electrons. The average Bonchev–Trinajstić information content (AvgIpc) is 3.09. The van der Waals surface area contributed by atoms with Gasteiger partial charge in [0.05, 0.1) is 31.3 Å². The van der Waals surface area contributed by atoms with E-state index < -0.39 is 0 Å². The van der Waals surface area contributed by atoms with Crippen LogP contribution in [-0.4, -0.2) is 42.6 Å². The lowest BCUT2D eigenvalue weighted by molar-refractivity contribution is 0.0996. The zero-order valence-corrected chi connectivity index (χ0v) is 10.6. The Kier molecular flexibility index (Phi) is 3.58. The van der Waals surface area contributed by atoms with Crippen LogP contribution in [0.5, 0.6) is 0 Å². The highest BCUT2D eigenvalue weighted by Crippen LogP contribution is 2.43. The molecule has 3 unspecified atom stereocenters. The fourth-order valence-corrected chi connectivity index (χ4v) is 2.77. The van der Waals surface area contributed by atoms with Crippen molar-refractivity contribution in [3.05, 3.63) is 11.7 Å². The summed E-state index contributed by atoms with van der Waals surface area (Å²) in [5.74, 6) is 1.79. The third kappa shape index (κ3) is 2.41. The zero-order chi connectivity index (χ0) is 12.4. The normalized spacial score (nSPS) is 30.2. The van der Waals surface area contributed by atoms with E-state index in [1.807, 2.05) is 0 Å². The van der Waals surface area contributed by atoms with Crippen molar-refractivity contribution in [3.8, 4) is 0 Å². The van der Waals surface area contributed by atoms with Crippen molar-refractivity contribution in [2.75, 3.05) is 20.3 Å². The highest BCUT2D eigenvalue weighted by molar-refractivity contribution is 5.06. The Morgan fingerprint density at radius 3 is 3.11 bits per heavy atom. The van der Waals surface area contributed by atoms with Gasteiger partial charge in [0, 0.05) is 13.7 Å². The zero-order valence-electron chi connectivity index (χ0n) is 10.6. The summed E-state index contributed by atoms with van der Waals surface area (Å²) in [6.07, 6.45) is 4.08. The van der Waals surface area contributed by atoms with Crippen molar-refractivity contribution in [1.82, 2.24) is 15.5 Å². The Labute approximate surface area is 106 Å². The van der Waals surface area contributed by atoms with Crippen LogP contribution in [0.25, 0.3) is 0 Å². The van der Waals surface area contributed by atoms with Crippen LogP contribution in [0, 0.1) is 0 Å². The third-order valence-electron chi connectivity index (χ3n) is 3.68. The van der Waals surface area contributed by atoms with Gasteiger partial charge in [0.2, 0.25) is 5.89 Å². The molecular weight excluding hydrogens is 234 g/mol. The molecule has 3 atom stereocenters. The van der Waals surface area contributed by atoms with Gasteiger partial charge in [-0.3, -0.25) is 0 Å². The van der Waals surface area contributed by atoms with E-state index in [0.717, 1.165) is 25.2 Å². The highest BCUT2D eigenvalue weighted by Gasteiger charge is 2.43. The van der Waals surface area contributed by atoms with Crippen molar-refractivity contribution in [2.45, 2.75) is 43.9 Å². The molecule has 18 heavy (non-hydrogen) atoms. The fraction of sp³-hybridized carbons (Fsp3) is 0.833. The first-order valence-corrected chi connectivity index (χ1v) is 6.54. The van der Waals surface area contributed by atoms with Gasteiger partial charge in [0.25, 0.3) is 0 Å². The van der Waals surface area contributed by atoms with E-state index in [9.17, 15) is 0 Å². The number of aromatic nitrogens is 2. The maximum Gasteiger partial charge on any atom is 0.240 e. The van der Waals surface area contributed by atoms with Crippen LogP contribution in [0.4, 0.5) is 0 Å². The monoisotopic (exact) mass is 253 g/mol. The average molecular weight is 253 g/mol. The summed E-state index contributed by atoms with van der Waals surface area (Å²) in [6, 6.07) is 0. The molecule has 0 spiro atoms. The summed E-state index contributed by atoms with van der Waals surface area (Å²) in [4.78, 5) is 4.45. The molecule has 3 rings (SSSR count). The second-order valence-corrected chi connectivity index (χ2v) is 4.93. The standard InChI is InChI=1S/C12H19N3O3/c1-16-5-4-13-7-11-14-12(15-18-11)9-6-8-2-3-10(9)17-8/h8-10,13H,2-7H2,1H3. The Morgan fingerprint density at radius 1 is 1.44 bits per heavy atom. The van der Waals surface area contributed by atoms with Crippen LogP contribution >= 0.6 is 0 Å². The second kappa shape index (κ2) is 5.34. The predicted molar refractivity (Wildman–Crippen MR) is 63.1 cm³/mol. The van der Waals surface area contributed by atoms with Gasteiger partial charge in [-0.25, -0.2) is 0 Å². The molecular formula is C12H19N3O3. The van der Waals surface area contributed by atoms with Crippen molar-refractivity contribution < 1.29 is 14.0 Å². The summed E-state index contributed by atoms with van der Waals surface area (Å²) < 4.78 is 16.0. The molecule has 3 heterocycles. The third-order valence-corrected chi connectivity index (χ3v) is 3.68. The minimum atomic E-state index is 0.307. The van der Waals surface area contributed by atoms with Crippen LogP contribution in [-0.2, 0) is 16.0 Å². The topological polar surface area (TPSA) is 69.4 Å². The SMILES string of the molecule is COCCNCc1nc(C2CC3CCC2O3)no1. The quantitative estimate of drug-likeness (QED) is 0.758. The molecule has 2 fully saturated rings. The van der Waals surface area contributed by atoms with Crippen LogP contribution in [0.2, 0.25) is 0 Å². The number of nitrogens with one attached hydrogen (secondary N) is 1. The van der Waals surface area contributed by atoms with Crippen LogP contribution in [0.1, 0.15) is 36.9 Å². The fourth-order valence-electron chi connectivity index (χ4n) is 2.77. The minimum absolute atomic E-state index is 0.307. The molecule has 2 bridgehead atoms. The lowest BCUT2D eigenvalue weighted by Gasteiger charge is -2.13. The molecule has 1 aromatic heterocycles. The van der Waals surface area contributed by atoms with Gasteiger partial charge in [-0.1, -0.05) is 5.16 Å². The summed E-state index contributed by atoms with van der Waals surface area (Å²) in [5, 5.41) is 7.27. The van der Waals surface area contributed by atoms with Gasteiger partial charge in [0.15, 0.2) is 5.82 Å². The molecule has 0 aromatic carbocycles. The highest BCUT2D eigenvalue weighted by atomic mass is 16.5. The van der Waals surface area contributed by atoms with E-state index in [4.69, 9.17) is 14.0 Å². The van der Waals surface area contributed by atoms with Crippen molar-refractivity contribution >= 4 is 0 Å². The molecule has 6 nitrogen and oxygen atoms in total. The Hall–Kier alpha value is -0.980. The number of rotatable bonds is 6. The molecule has 1 N–H and O–H groups in total. The van der Waals surface area contributed by atoms with E-state index >= 15 is 0 Å². The predicted octanol–water partition coefficient (Wildman–Crippen LogP) is 0.840. The molecule has 0 saturated carbocycles. The summed E-state index contributed by atoms with van der Waals surface area (Å²) >= 11 is 0. The van der Waals surface area contributed by atoms with E-state index in [-0.39, 0.29) is 0 Å². The minimum Gasteiger partial charge on any atom is -0.383 e. The lowest BCUT2D eigenvalue weighted by atomic mass is 9.89. The molecule has 0 amide bonds. The number of nitrogens with zero attached hydrogens (tertiary/aromatic N) is 2. The number of hydrogen-bond donors (Lipinski definition) is 1. The van der Waals surface area contributed by atoms with Gasteiger partial charge in [-0.2, -0.15) is 4.98 Å². The van der Waals surface area contributed by atoms with E-state index in [1.165, 1.54) is 6.42 Å².